The van der Waals surface area contributed by atoms with Gasteiger partial charge in [-0.15, -0.1) is 0 Å². The Kier molecular flexibility index (Phi) is 5.29. The second-order valence-corrected chi connectivity index (χ2v) is 6.83. The third-order valence-corrected chi connectivity index (χ3v) is 5.00. The highest BCUT2D eigenvalue weighted by Gasteiger charge is 2.15. The maximum Gasteiger partial charge on any atom is 0.341 e. The molecular formula is C24H22N2O3. The third-order valence-electron chi connectivity index (χ3n) is 5.00. The monoisotopic (exact) mass is 386 g/mol. The lowest BCUT2D eigenvalue weighted by Gasteiger charge is -2.14. The lowest BCUT2D eigenvalue weighted by molar-refractivity contribution is -0.139. The predicted octanol–water partition coefficient (Wildman–Crippen LogP) is 4.78. The second-order valence-electron chi connectivity index (χ2n) is 6.83. The van der Waals surface area contributed by atoms with E-state index in [0.29, 0.717) is 12.4 Å². The van der Waals surface area contributed by atoms with Gasteiger partial charge in [-0.3, -0.25) is 0 Å². The number of pyridine rings is 1. The van der Waals surface area contributed by atoms with Gasteiger partial charge in [-0.05, 0) is 35.2 Å². The standard InChI is InChI=1S/C24H22N2O3/c1-2-19-14-21-22(12-13-25-24(21)29-16-23(27)28)26(19)15-18-10-6-7-11-20(18)17-8-4-3-5-9-17/h3-14H,2,15-16H2,1H3,(H,27,28). The summed E-state index contributed by atoms with van der Waals surface area (Å²) >= 11 is 0. The lowest BCUT2D eigenvalue weighted by atomic mass is 9.99. The Morgan fingerprint density at radius 2 is 1.83 bits per heavy atom. The van der Waals surface area contributed by atoms with Crippen LogP contribution < -0.4 is 4.74 Å². The number of ether oxygens (including phenoxy) is 1. The van der Waals surface area contributed by atoms with Crippen molar-refractivity contribution in [3.05, 3.63) is 84.2 Å². The van der Waals surface area contributed by atoms with Gasteiger partial charge in [0.05, 0.1) is 10.9 Å². The summed E-state index contributed by atoms with van der Waals surface area (Å²) in [6.45, 7) is 2.41. The molecule has 2 heterocycles. The fraction of sp³-hybridized carbons (Fsp3) is 0.167. The molecule has 0 aliphatic rings. The van der Waals surface area contributed by atoms with Crippen molar-refractivity contribution in [1.29, 1.82) is 0 Å². The molecule has 0 aliphatic heterocycles. The molecule has 146 valence electrons. The van der Waals surface area contributed by atoms with E-state index in [2.05, 4.69) is 52.9 Å². The van der Waals surface area contributed by atoms with Gasteiger partial charge < -0.3 is 14.4 Å². The average Bonchev–Trinajstić information content (AvgIpc) is 3.11. The van der Waals surface area contributed by atoms with Crippen LogP contribution in [0.5, 0.6) is 5.88 Å². The van der Waals surface area contributed by atoms with Crippen LogP contribution in [0.1, 0.15) is 18.2 Å². The zero-order valence-electron chi connectivity index (χ0n) is 16.2. The first-order chi connectivity index (χ1) is 14.2. The van der Waals surface area contributed by atoms with Crippen LogP contribution in [0.2, 0.25) is 0 Å². The van der Waals surface area contributed by atoms with Crippen LogP contribution >= 0.6 is 0 Å². The normalized spacial score (nSPS) is 10.9. The molecule has 5 nitrogen and oxygen atoms in total. The van der Waals surface area contributed by atoms with Gasteiger partial charge in [0.25, 0.3) is 0 Å². The molecule has 5 heteroatoms. The summed E-state index contributed by atoms with van der Waals surface area (Å²) in [6.07, 6.45) is 2.51. The maximum absolute atomic E-state index is 10.9. The van der Waals surface area contributed by atoms with E-state index in [9.17, 15) is 4.79 Å². The van der Waals surface area contributed by atoms with Crippen LogP contribution in [0.3, 0.4) is 0 Å². The highest BCUT2D eigenvalue weighted by atomic mass is 16.5. The molecule has 0 spiro atoms. The smallest absolute Gasteiger partial charge is 0.341 e. The number of carboxylic acids is 1. The van der Waals surface area contributed by atoms with Gasteiger partial charge in [0.2, 0.25) is 5.88 Å². The number of aliphatic carboxylic acids is 1. The zero-order chi connectivity index (χ0) is 20.2. The molecule has 2 aromatic carbocycles. The molecule has 2 aromatic heterocycles. The van der Waals surface area contributed by atoms with Crippen LogP contribution in [0.15, 0.2) is 72.9 Å². The van der Waals surface area contributed by atoms with E-state index in [-0.39, 0.29) is 0 Å². The first-order valence-corrected chi connectivity index (χ1v) is 9.62. The summed E-state index contributed by atoms with van der Waals surface area (Å²) in [5, 5.41) is 9.76. The fourth-order valence-corrected chi connectivity index (χ4v) is 3.67. The molecule has 0 atom stereocenters. The Morgan fingerprint density at radius 1 is 1.07 bits per heavy atom. The van der Waals surface area contributed by atoms with Crippen LogP contribution in [-0.2, 0) is 17.8 Å². The summed E-state index contributed by atoms with van der Waals surface area (Å²) < 4.78 is 7.67. The van der Waals surface area contributed by atoms with E-state index >= 15 is 0 Å². The Morgan fingerprint density at radius 3 is 2.59 bits per heavy atom. The molecule has 0 radical (unpaired) electrons. The second kappa shape index (κ2) is 8.19. The zero-order valence-corrected chi connectivity index (χ0v) is 16.2. The highest BCUT2D eigenvalue weighted by molar-refractivity contribution is 5.86. The molecular weight excluding hydrogens is 364 g/mol. The molecule has 0 saturated heterocycles. The molecule has 0 bridgehead atoms. The molecule has 0 fully saturated rings. The number of fused-ring (bicyclic) bond motifs is 1. The minimum Gasteiger partial charge on any atom is -0.479 e. The highest BCUT2D eigenvalue weighted by Crippen LogP contribution is 2.30. The van der Waals surface area contributed by atoms with E-state index in [0.717, 1.165) is 23.0 Å². The summed E-state index contributed by atoms with van der Waals surface area (Å²) in [6, 6.07) is 22.8. The molecule has 4 aromatic rings. The summed E-state index contributed by atoms with van der Waals surface area (Å²) in [5.41, 5.74) is 5.74. The van der Waals surface area contributed by atoms with Gasteiger partial charge in [-0.25, -0.2) is 9.78 Å². The van der Waals surface area contributed by atoms with Crippen molar-refractivity contribution in [2.75, 3.05) is 6.61 Å². The first kappa shape index (κ1) is 18.7. The number of aromatic nitrogens is 2. The molecule has 0 aliphatic carbocycles. The largest absolute Gasteiger partial charge is 0.479 e. The number of hydrogen-bond acceptors (Lipinski definition) is 3. The summed E-state index contributed by atoms with van der Waals surface area (Å²) in [5.74, 6) is -0.662. The molecule has 0 amide bonds. The Balaban J connectivity index is 1.78. The number of nitrogens with zero attached hydrogens (tertiary/aromatic N) is 2. The van der Waals surface area contributed by atoms with Crippen molar-refractivity contribution in [1.82, 2.24) is 9.55 Å². The van der Waals surface area contributed by atoms with Gasteiger partial charge in [0, 0.05) is 18.4 Å². The molecule has 4 rings (SSSR count). The van der Waals surface area contributed by atoms with Crippen molar-refractivity contribution >= 4 is 16.9 Å². The topological polar surface area (TPSA) is 64.3 Å². The van der Waals surface area contributed by atoms with Gasteiger partial charge in [0.15, 0.2) is 6.61 Å². The molecule has 0 saturated carbocycles. The van der Waals surface area contributed by atoms with E-state index in [1.165, 1.54) is 16.7 Å². The van der Waals surface area contributed by atoms with Crippen LogP contribution in [0, 0.1) is 0 Å². The lowest BCUT2D eigenvalue weighted by Crippen LogP contribution is -2.10. The van der Waals surface area contributed by atoms with Crippen molar-refractivity contribution in [3.63, 3.8) is 0 Å². The predicted molar refractivity (Wildman–Crippen MR) is 113 cm³/mol. The Labute approximate surface area is 169 Å². The van der Waals surface area contributed by atoms with E-state index in [1.54, 1.807) is 6.20 Å². The van der Waals surface area contributed by atoms with Crippen LogP contribution in [0.25, 0.3) is 22.0 Å². The van der Waals surface area contributed by atoms with E-state index in [1.807, 2.05) is 30.3 Å². The third kappa shape index (κ3) is 3.85. The Hall–Kier alpha value is -3.60. The molecule has 29 heavy (non-hydrogen) atoms. The van der Waals surface area contributed by atoms with Gasteiger partial charge in [0.1, 0.15) is 0 Å². The quantitative estimate of drug-likeness (QED) is 0.497. The number of benzene rings is 2. The number of rotatable bonds is 7. The SMILES string of the molecule is CCc1cc2c(OCC(=O)O)nccc2n1Cc1ccccc1-c1ccccc1. The summed E-state index contributed by atoms with van der Waals surface area (Å²) in [7, 11) is 0. The average molecular weight is 386 g/mol. The molecule has 1 N–H and O–H groups in total. The number of aryl methyl sites for hydroxylation is 1. The van der Waals surface area contributed by atoms with E-state index in [4.69, 9.17) is 9.84 Å². The van der Waals surface area contributed by atoms with Gasteiger partial charge >= 0.3 is 5.97 Å². The van der Waals surface area contributed by atoms with Crippen molar-refractivity contribution in [3.8, 4) is 17.0 Å². The van der Waals surface area contributed by atoms with Crippen molar-refractivity contribution in [2.24, 2.45) is 0 Å². The van der Waals surface area contributed by atoms with Crippen molar-refractivity contribution < 1.29 is 14.6 Å². The number of carbonyl (C=O) groups is 1. The fourth-order valence-electron chi connectivity index (χ4n) is 3.67. The van der Waals surface area contributed by atoms with Gasteiger partial charge in [-0.1, -0.05) is 61.5 Å². The number of carboxylic acid groups (broad SMARTS) is 1. The van der Waals surface area contributed by atoms with Crippen LogP contribution in [-0.4, -0.2) is 27.2 Å². The summed E-state index contributed by atoms with van der Waals surface area (Å²) in [4.78, 5) is 15.1. The maximum atomic E-state index is 10.9. The Bertz CT molecular complexity index is 1150. The van der Waals surface area contributed by atoms with Gasteiger partial charge in [-0.2, -0.15) is 0 Å². The van der Waals surface area contributed by atoms with Crippen molar-refractivity contribution in [2.45, 2.75) is 19.9 Å². The minimum atomic E-state index is -1.02. The molecule has 0 unspecified atom stereocenters. The minimum absolute atomic E-state index is 0.356. The van der Waals surface area contributed by atoms with Crippen LogP contribution in [0.4, 0.5) is 0 Å². The van der Waals surface area contributed by atoms with E-state index < -0.39 is 12.6 Å². The first-order valence-electron chi connectivity index (χ1n) is 9.62. The number of hydrogen-bond donors (Lipinski definition) is 1.